The van der Waals surface area contributed by atoms with Crippen molar-refractivity contribution in [2.45, 2.75) is 70.4 Å². The summed E-state index contributed by atoms with van der Waals surface area (Å²) >= 11 is 0. The number of nitrogens with two attached hydrogens (primary N) is 1. The molecule has 4 N–H and O–H groups in total. The summed E-state index contributed by atoms with van der Waals surface area (Å²) in [7, 11) is 0. The summed E-state index contributed by atoms with van der Waals surface area (Å²) in [5.74, 6) is 0.709. The maximum atomic E-state index is 11.1. The van der Waals surface area contributed by atoms with E-state index in [0.717, 1.165) is 45.1 Å². The molecule has 1 saturated carbocycles. The van der Waals surface area contributed by atoms with Crippen molar-refractivity contribution in [2.24, 2.45) is 11.7 Å². The van der Waals surface area contributed by atoms with Crippen LogP contribution in [0.15, 0.2) is 18.3 Å². The minimum atomic E-state index is -0.476. The lowest BCUT2D eigenvalue weighted by molar-refractivity contribution is 0.0999. The first-order valence-electron chi connectivity index (χ1n) is 9.89. The second-order valence-corrected chi connectivity index (χ2v) is 7.25. The van der Waals surface area contributed by atoms with Crippen molar-refractivity contribution in [3.8, 4) is 5.88 Å². The Labute approximate surface area is 156 Å². The number of rotatable bonds is 11. The Morgan fingerprint density at radius 2 is 2.08 bits per heavy atom. The van der Waals surface area contributed by atoms with Gasteiger partial charge in [-0.2, -0.15) is 0 Å². The van der Waals surface area contributed by atoms with Crippen molar-refractivity contribution in [2.75, 3.05) is 13.2 Å². The zero-order valence-corrected chi connectivity index (χ0v) is 15.8. The minimum Gasteiger partial charge on any atom is -0.474 e. The van der Waals surface area contributed by atoms with Gasteiger partial charge in [-0.25, -0.2) is 4.98 Å². The van der Waals surface area contributed by atoms with Gasteiger partial charge in [-0.3, -0.25) is 4.79 Å². The van der Waals surface area contributed by atoms with Crippen LogP contribution in [0, 0.1) is 5.92 Å². The van der Waals surface area contributed by atoms with Gasteiger partial charge in [0.15, 0.2) is 0 Å². The number of aromatic nitrogens is 1. The van der Waals surface area contributed by atoms with E-state index in [4.69, 9.17) is 15.6 Å². The first kappa shape index (κ1) is 20.6. The Morgan fingerprint density at radius 3 is 2.65 bits per heavy atom. The molecular formula is C20H33N3O3. The number of primary amides is 1. The molecular weight excluding hydrogens is 330 g/mol. The van der Waals surface area contributed by atoms with E-state index in [-0.39, 0.29) is 6.10 Å². The number of amides is 1. The third-order valence-corrected chi connectivity index (χ3v) is 5.20. The zero-order valence-electron chi connectivity index (χ0n) is 15.8. The number of nitrogens with one attached hydrogen (secondary N) is 1. The van der Waals surface area contributed by atoms with E-state index in [1.54, 1.807) is 12.1 Å². The van der Waals surface area contributed by atoms with Crippen LogP contribution in [0.5, 0.6) is 5.88 Å². The predicted molar refractivity (Wildman–Crippen MR) is 102 cm³/mol. The second-order valence-electron chi connectivity index (χ2n) is 7.25. The first-order valence-corrected chi connectivity index (χ1v) is 9.89. The molecule has 0 radical (unpaired) electrons. The van der Waals surface area contributed by atoms with E-state index >= 15 is 0 Å². The van der Waals surface area contributed by atoms with Crippen LogP contribution in [0.4, 0.5) is 0 Å². The largest absolute Gasteiger partial charge is 0.474 e. The van der Waals surface area contributed by atoms with Crippen molar-refractivity contribution in [3.63, 3.8) is 0 Å². The summed E-state index contributed by atoms with van der Waals surface area (Å²) in [6.45, 7) is 3.52. The molecule has 1 amide bonds. The van der Waals surface area contributed by atoms with Gasteiger partial charge in [-0.05, 0) is 57.1 Å². The Hall–Kier alpha value is -1.66. The summed E-state index contributed by atoms with van der Waals surface area (Å²) in [6.07, 6.45) is 10.3. The second kappa shape index (κ2) is 11.1. The van der Waals surface area contributed by atoms with Crippen molar-refractivity contribution >= 4 is 5.91 Å². The third-order valence-electron chi connectivity index (χ3n) is 5.20. The molecule has 1 heterocycles. The van der Waals surface area contributed by atoms with Crippen LogP contribution < -0.4 is 15.8 Å². The van der Waals surface area contributed by atoms with Gasteiger partial charge in [0, 0.05) is 24.9 Å². The first-order chi connectivity index (χ1) is 12.6. The Kier molecular flexibility index (Phi) is 8.85. The summed E-state index contributed by atoms with van der Waals surface area (Å²) in [5.41, 5.74) is 5.61. The number of aliphatic hydroxyl groups excluding tert-OH is 1. The normalized spacial score (nSPS) is 21.3. The molecule has 1 aromatic heterocycles. The molecule has 146 valence electrons. The number of carbonyl (C=O) groups excluding carboxylic acids is 1. The van der Waals surface area contributed by atoms with Crippen LogP contribution in [0.1, 0.15) is 68.6 Å². The van der Waals surface area contributed by atoms with E-state index in [2.05, 4.69) is 17.2 Å². The van der Waals surface area contributed by atoms with Crippen molar-refractivity contribution in [1.82, 2.24) is 10.3 Å². The molecule has 6 heteroatoms. The van der Waals surface area contributed by atoms with Crippen LogP contribution in [0.3, 0.4) is 0 Å². The predicted octanol–water partition coefficient (Wildman–Crippen LogP) is 2.65. The molecule has 0 bridgehead atoms. The molecule has 0 aliphatic heterocycles. The lowest BCUT2D eigenvalue weighted by Crippen LogP contribution is -2.37. The number of carbonyl (C=O) groups is 1. The number of hydrogen-bond donors (Lipinski definition) is 3. The summed E-state index contributed by atoms with van der Waals surface area (Å²) in [6, 6.07) is 3.91. The fourth-order valence-corrected chi connectivity index (χ4v) is 3.67. The lowest BCUT2D eigenvalue weighted by atomic mass is 9.92. The standard InChI is InChI=1S/C20H33N3O3/c1-2-3-15(11-13-24)10-12-22-17-5-7-18(8-6-17)26-19-9-4-16(14-23-19)20(21)25/h4,9,14-15,17-18,22,24H,2-3,5-8,10-13H2,1H3,(H2,21,25). The Balaban J connectivity index is 1.66. The van der Waals surface area contributed by atoms with Crippen molar-refractivity contribution < 1.29 is 14.6 Å². The van der Waals surface area contributed by atoms with Gasteiger partial charge >= 0.3 is 0 Å². The topological polar surface area (TPSA) is 97.5 Å². The minimum absolute atomic E-state index is 0.183. The molecule has 6 nitrogen and oxygen atoms in total. The third kappa shape index (κ3) is 6.92. The maximum absolute atomic E-state index is 11.1. The van der Waals surface area contributed by atoms with Gasteiger partial charge in [-0.1, -0.05) is 19.8 Å². The fourth-order valence-electron chi connectivity index (χ4n) is 3.67. The highest BCUT2D eigenvalue weighted by atomic mass is 16.5. The highest BCUT2D eigenvalue weighted by Crippen LogP contribution is 2.23. The molecule has 1 aliphatic carbocycles. The maximum Gasteiger partial charge on any atom is 0.250 e. The van der Waals surface area contributed by atoms with Gasteiger partial charge in [0.2, 0.25) is 11.8 Å². The smallest absolute Gasteiger partial charge is 0.250 e. The van der Waals surface area contributed by atoms with Gasteiger partial charge in [0.05, 0.1) is 5.56 Å². The van der Waals surface area contributed by atoms with Gasteiger partial charge in [0.25, 0.3) is 0 Å². The Morgan fingerprint density at radius 1 is 1.31 bits per heavy atom. The molecule has 1 aliphatic rings. The number of aliphatic hydroxyl groups is 1. The molecule has 1 unspecified atom stereocenters. The van der Waals surface area contributed by atoms with E-state index in [1.807, 2.05) is 0 Å². The zero-order chi connectivity index (χ0) is 18.8. The fraction of sp³-hybridized carbons (Fsp3) is 0.700. The number of nitrogens with zero attached hydrogens (tertiary/aromatic N) is 1. The van der Waals surface area contributed by atoms with Crippen LogP contribution in [0.2, 0.25) is 0 Å². The molecule has 0 aromatic carbocycles. The summed E-state index contributed by atoms with van der Waals surface area (Å²) in [4.78, 5) is 15.2. The van der Waals surface area contributed by atoms with Crippen LogP contribution in [0.25, 0.3) is 0 Å². The average Bonchev–Trinajstić information content (AvgIpc) is 2.64. The molecule has 26 heavy (non-hydrogen) atoms. The molecule has 2 rings (SSSR count). The van der Waals surface area contributed by atoms with Crippen molar-refractivity contribution in [1.29, 1.82) is 0 Å². The van der Waals surface area contributed by atoms with Crippen LogP contribution in [-0.2, 0) is 0 Å². The van der Waals surface area contributed by atoms with E-state index in [0.29, 0.717) is 30.0 Å². The average molecular weight is 364 g/mol. The monoisotopic (exact) mass is 363 g/mol. The highest BCUT2D eigenvalue weighted by molar-refractivity contribution is 5.92. The van der Waals surface area contributed by atoms with Gasteiger partial charge in [0.1, 0.15) is 6.10 Å². The number of pyridine rings is 1. The molecule has 0 spiro atoms. The highest BCUT2D eigenvalue weighted by Gasteiger charge is 2.22. The molecule has 1 atom stereocenters. The lowest BCUT2D eigenvalue weighted by Gasteiger charge is -2.29. The van der Waals surface area contributed by atoms with Crippen LogP contribution >= 0.6 is 0 Å². The SMILES string of the molecule is CCCC(CCO)CCNC1CCC(Oc2ccc(C(N)=O)cn2)CC1. The van der Waals surface area contributed by atoms with E-state index in [1.165, 1.54) is 19.0 Å². The summed E-state index contributed by atoms with van der Waals surface area (Å²) in [5, 5.41) is 12.8. The van der Waals surface area contributed by atoms with Gasteiger partial charge < -0.3 is 20.9 Å². The molecule has 0 saturated heterocycles. The van der Waals surface area contributed by atoms with E-state index in [9.17, 15) is 4.79 Å². The molecule has 1 fully saturated rings. The summed E-state index contributed by atoms with van der Waals surface area (Å²) < 4.78 is 5.93. The van der Waals surface area contributed by atoms with Crippen LogP contribution in [-0.4, -0.2) is 41.3 Å². The van der Waals surface area contributed by atoms with Crippen molar-refractivity contribution in [3.05, 3.63) is 23.9 Å². The number of hydrogen-bond acceptors (Lipinski definition) is 5. The molecule has 1 aromatic rings. The Bertz CT molecular complexity index is 522. The number of ether oxygens (including phenoxy) is 1. The quantitative estimate of drug-likeness (QED) is 0.561. The van der Waals surface area contributed by atoms with Gasteiger partial charge in [-0.15, -0.1) is 0 Å². The van der Waals surface area contributed by atoms with E-state index < -0.39 is 5.91 Å².